The molecule has 0 atom stereocenters. The summed E-state index contributed by atoms with van der Waals surface area (Å²) in [5.74, 6) is 0. The Balaban J connectivity index is 2.60. The van der Waals surface area contributed by atoms with Gasteiger partial charge in [0, 0.05) is 23.5 Å². The summed E-state index contributed by atoms with van der Waals surface area (Å²) in [6, 6.07) is 3.88. The van der Waals surface area contributed by atoms with Crippen LogP contribution in [-0.4, -0.2) is 15.0 Å². The molecule has 0 aromatic carbocycles. The summed E-state index contributed by atoms with van der Waals surface area (Å²) in [4.78, 5) is 11.3. The van der Waals surface area contributed by atoms with Crippen LogP contribution in [-0.2, 0) is 6.42 Å². The van der Waals surface area contributed by atoms with Gasteiger partial charge in [-0.1, -0.05) is 25.6 Å². The fraction of sp³-hybridized carbons (Fsp3) is 0.231. The summed E-state index contributed by atoms with van der Waals surface area (Å²) < 4.78 is 0.605. The summed E-state index contributed by atoms with van der Waals surface area (Å²) in [5, 5.41) is 8.90. The third kappa shape index (κ3) is 2.44. The minimum Gasteiger partial charge on any atom is -0.345 e. The van der Waals surface area contributed by atoms with Crippen LogP contribution in [0.2, 0.25) is 0 Å². The van der Waals surface area contributed by atoms with Crippen molar-refractivity contribution in [3.05, 3.63) is 40.6 Å². The summed E-state index contributed by atoms with van der Waals surface area (Å²) in [6.45, 7) is 2.09. The highest BCUT2D eigenvalue weighted by atomic mass is 32.1. The van der Waals surface area contributed by atoms with E-state index in [1.54, 1.807) is 24.8 Å². The molecule has 0 aliphatic carbocycles. The molecule has 0 saturated heterocycles. The molecule has 2 heterocycles. The van der Waals surface area contributed by atoms with E-state index in [0.717, 1.165) is 29.7 Å². The van der Waals surface area contributed by atoms with Crippen LogP contribution >= 0.6 is 12.2 Å². The normalized spacial score (nSPS) is 10.0. The van der Waals surface area contributed by atoms with Crippen molar-refractivity contribution in [2.45, 2.75) is 19.8 Å². The molecule has 0 saturated carbocycles. The highest BCUT2D eigenvalue weighted by Gasteiger charge is 2.08. The molecule has 0 radical (unpaired) electrons. The van der Waals surface area contributed by atoms with Gasteiger partial charge in [-0.2, -0.15) is 5.26 Å². The van der Waals surface area contributed by atoms with E-state index in [-0.39, 0.29) is 0 Å². The van der Waals surface area contributed by atoms with Crippen molar-refractivity contribution in [1.82, 2.24) is 15.0 Å². The molecule has 0 spiro atoms. The number of hydrogen-bond donors (Lipinski definition) is 1. The molecule has 0 aliphatic heterocycles. The minimum absolute atomic E-state index is 0.533. The smallest absolute Gasteiger partial charge is 0.133 e. The average molecular weight is 256 g/mol. The molecular weight excluding hydrogens is 244 g/mol. The molecule has 4 nitrogen and oxygen atoms in total. The Hall–Kier alpha value is -2.06. The third-order valence-electron chi connectivity index (χ3n) is 2.61. The number of H-pyrrole nitrogens is 1. The van der Waals surface area contributed by atoms with E-state index in [1.807, 2.05) is 0 Å². The van der Waals surface area contributed by atoms with Gasteiger partial charge in [-0.25, -0.2) is 4.98 Å². The van der Waals surface area contributed by atoms with E-state index in [2.05, 4.69) is 27.9 Å². The van der Waals surface area contributed by atoms with Crippen molar-refractivity contribution >= 4 is 12.2 Å². The molecular formula is C13H12N4S. The standard InChI is InChI=1S/C13H12N4S/c1-2-3-11-12(16-8-17-13(11)18)10-4-9(5-14)6-15-7-10/h4,6-8H,2-3H2,1H3,(H,16,17,18). The Morgan fingerprint density at radius 2 is 2.28 bits per heavy atom. The Morgan fingerprint density at radius 1 is 1.44 bits per heavy atom. The first kappa shape index (κ1) is 12.4. The number of aromatic nitrogens is 3. The van der Waals surface area contributed by atoms with E-state index < -0.39 is 0 Å². The molecule has 5 heteroatoms. The number of pyridine rings is 1. The molecule has 0 amide bonds. The molecule has 2 rings (SSSR count). The second-order valence-corrected chi connectivity index (χ2v) is 4.27. The van der Waals surface area contributed by atoms with E-state index in [1.165, 1.54) is 0 Å². The van der Waals surface area contributed by atoms with Crippen LogP contribution in [0.5, 0.6) is 0 Å². The predicted octanol–water partition coefficient (Wildman–Crippen LogP) is 3.03. The number of nitrogens with one attached hydrogen (secondary N) is 1. The molecule has 0 fully saturated rings. The molecule has 0 aliphatic rings. The maximum atomic E-state index is 8.90. The van der Waals surface area contributed by atoms with Crippen LogP contribution in [0, 0.1) is 16.0 Å². The summed E-state index contributed by atoms with van der Waals surface area (Å²) in [5.41, 5.74) is 3.31. The van der Waals surface area contributed by atoms with Crippen LogP contribution in [0.15, 0.2) is 24.8 Å². The van der Waals surface area contributed by atoms with Gasteiger partial charge in [-0.05, 0) is 12.5 Å². The van der Waals surface area contributed by atoms with Crippen molar-refractivity contribution in [1.29, 1.82) is 5.26 Å². The topological polar surface area (TPSA) is 65.4 Å². The Bertz CT molecular complexity index is 655. The summed E-state index contributed by atoms with van der Waals surface area (Å²) in [6.07, 6.45) is 6.69. The first-order valence-corrected chi connectivity index (χ1v) is 6.09. The van der Waals surface area contributed by atoms with Crippen molar-refractivity contribution in [2.24, 2.45) is 0 Å². The van der Waals surface area contributed by atoms with Gasteiger partial charge in [-0.3, -0.25) is 4.98 Å². The SMILES string of the molecule is CCCc1c(-c2cncc(C#N)c2)[nH]cnc1=S. The molecule has 2 aromatic rings. The predicted molar refractivity (Wildman–Crippen MR) is 71.4 cm³/mol. The van der Waals surface area contributed by atoms with Crippen molar-refractivity contribution in [3.63, 3.8) is 0 Å². The lowest BCUT2D eigenvalue weighted by atomic mass is 10.0. The van der Waals surface area contributed by atoms with Crippen LogP contribution in [0.25, 0.3) is 11.3 Å². The van der Waals surface area contributed by atoms with E-state index in [0.29, 0.717) is 10.2 Å². The summed E-state index contributed by atoms with van der Waals surface area (Å²) in [7, 11) is 0. The Kier molecular flexibility index (Phi) is 3.80. The molecule has 90 valence electrons. The molecule has 18 heavy (non-hydrogen) atoms. The van der Waals surface area contributed by atoms with Gasteiger partial charge in [0.1, 0.15) is 10.7 Å². The second kappa shape index (κ2) is 5.52. The largest absolute Gasteiger partial charge is 0.345 e. The molecule has 0 bridgehead atoms. The van der Waals surface area contributed by atoms with E-state index >= 15 is 0 Å². The Labute approximate surface area is 110 Å². The van der Waals surface area contributed by atoms with Gasteiger partial charge < -0.3 is 4.98 Å². The quantitative estimate of drug-likeness (QED) is 0.857. The maximum Gasteiger partial charge on any atom is 0.133 e. The molecule has 2 aromatic heterocycles. The van der Waals surface area contributed by atoms with Gasteiger partial charge in [0.15, 0.2) is 0 Å². The zero-order valence-corrected chi connectivity index (χ0v) is 10.8. The lowest BCUT2D eigenvalue weighted by molar-refractivity contribution is 0.898. The fourth-order valence-corrected chi connectivity index (χ4v) is 2.06. The van der Waals surface area contributed by atoms with Crippen molar-refractivity contribution < 1.29 is 0 Å². The van der Waals surface area contributed by atoms with Gasteiger partial charge in [0.05, 0.1) is 17.6 Å². The van der Waals surface area contributed by atoms with Gasteiger partial charge >= 0.3 is 0 Å². The fourth-order valence-electron chi connectivity index (χ4n) is 1.80. The summed E-state index contributed by atoms with van der Waals surface area (Å²) >= 11 is 5.25. The van der Waals surface area contributed by atoms with Crippen LogP contribution in [0.3, 0.4) is 0 Å². The first-order chi connectivity index (χ1) is 8.76. The van der Waals surface area contributed by atoms with Crippen molar-refractivity contribution in [2.75, 3.05) is 0 Å². The highest BCUT2D eigenvalue weighted by Crippen LogP contribution is 2.22. The van der Waals surface area contributed by atoms with Crippen LogP contribution in [0.1, 0.15) is 24.5 Å². The van der Waals surface area contributed by atoms with Crippen molar-refractivity contribution in [3.8, 4) is 17.3 Å². The van der Waals surface area contributed by atoms with Crippen LogP contribution < -0.4 is 0 Å². The Morgan fingerprint density at radius 3 is 3.00 bits per heavy atom. The second-order valence-electron chi connectivity index (χ2n) is 3.89. The number of nitriles is 1. The van der Waals surface area contributed by atoms with Crippen LogP contribution in [0.4, 0.5) is 0 Å². The van der Waals surface area contributed by atoms with Gasteiger partial charge in [0.25, 0.3) is 0 Å². The van der Waals surface area contributed by atoms with Gasteiger partial charge in [-0.15, -0.1) is 0 Å². The number of nitrogens with zero attached hydrogens (tertiary/aromatic N) is 3. The maximum absolute atomic E-state index is 8.90. The number of rotatable bonds is 3. The highest BCUT2D eigenvalue weighted by molar-refractivity contribution is 7.71. The number of hydrogen-bond acceptors (Lipinski definition) is 4. The minimum atomic E-state index is 0.533. The lowest BCUT2D eigenvalue weighted by Crippen LogP contribution is -1.97. The van der Waals surface area contributed by atoms with Gasteiger partial charge in [0.2, 0.25) is 0 Å². The lowest BCUT2D eigenvalue weighted by Gasteiger charge is -2.08. The monoisotopic (exact) mass is 256 g/mol. The molecule has 0 unspecified atom stereocenters. The van der Waals surface area contributed by atoms with E-state index in [9.17, 15) is 0 Å². The zero-order chi connectivity index (χ0) is 13.0. The third-order valence-corrected chi connectivity index (χ3v) is 2.96. The zero-order valence-electron chi connectivity index (χ0n) is 9.97. The molecule has 1 N–H and O–H groups in total. The average Bonchev–Trinajstić information content (AvgIpc) is 2.41. The number of aromatic amines is 1. The van der Waals surface area contributed by atoms with E-state index in [4.69, 9.17) is 17.5 Å². The first-order valence-electron chi connectivity index (χ1n) is 5.68.